The smallest absolute Gasteiger partial charge is 0.141 e. The van der Waals surface area contributed by atoms with E-state index < -0.39 is 0 Å². The van der Waals surface area contributed by atoms with E-state index in [1.165, 1.54) is 0 Å². The molecule has 2 aromatic rings. The fourth-order valence-electron chi connectivity index (χ4n) is 2.22. The molecule has 0 unspecified atom stereocenters. The Labute approximate surface area is 120 Å². The first-order valence-corrected chi connectivity index (χ1v) is 7.06. The van der Waals surface area contributed by atoms with Gasteiger partial charge in [0.15, 0.2) is 0 Å². The van der Waals surface area contributed by atoms with Crippen LogP contribution in [0.1, 0.15) is 38.2 Å². The Hall–Kier alpha value is -1.88. The summed E-state index contributed by atoms with van der Waals surface area (Å²) in [5.74, 6) is 0.997. The monoisotopic (exact) mass is 273 g/mol. The third-order valence-electron chi connectivity index (χ3n) is 3.40. The molecule has 0 radical (unpaired) electrons. The summed E-state index contributed by atoms with van der Waals surface area (Å²) < 4.78 is 1.97. The number of anilines is 1. The van der Waals surface area contributed by atoms with Gasteiger partial charge in [-0.25, -0.2) is 9.67 Å². The zero-order chi connectivity index (χ0) is 14.5. The fraction of sp³-hybridized carbons (Fsp3) is 0.467. The van der Waals surface area contributed by atoms with Gasteiger partial charge in [-0.1, -0.05) is 25.1 Å². The first kappa shape index (κ1) is 14.5. The van der Waals surface area contributed by atoms with Crippen LogP contribution in [0.15, 0.2) is 30.6 Å². The first-order valence-electron chi connectivity index (χ1n) is 7.06. The third-order valence-corrected chi connectivity index (χ3v) is 3.40. The van der Waals surface area contributed by atoms with Crippen LogP contribution in [0.3, 0.4) is 0 Å². The molecule has 5 heteroatoms. The molecular weight excluding hydrogens is 250 g/mol. The zero-order valence-electron chi connectivity index (χ0n) is 12.5. The second kappa shape index (κ2) is 6.52. The van der Waals surface area contributed by atoms with Gasteiger partial charge in [-0.15, -0.1) is 0 Å². The summed E-state index contributed by atoms with van der Waals surface area (Å²) in [5.41, 5.74) is 8.02. The van der Waals surface area contributed by atoms with Crippen LogP contribution in [0.25, 0.3) is 0 Å². The Balaban J connectivity index is 2.10. The topological polar surface area (TPSA) is 60.0 Å². The highest BCUT2D eigenvalue weighted by molar-refractivity contribution is 5.46. The van der Waals surface area contributed by atoms with Crippen LogP contribution in [0.4, 0.5) is 5.69 Å². The van der Waals surface area contributed by atoms with E-state index in [4.69, 9.17) is 5.73 Å². The highest BCUT2D eigenvalue weighted by Gasteiger charge is 2.12. The summed E-state index contributed by atoms with van der Waals surface area (Å²) in [5, 5.41) is 4.28. The molecule has 5 nitrogen and oxygen atoms in total. The molecule has 0 amide bonds. The summed E-state index contributed by atoms with van der Waals surface area (Å²) in [7, 11) is 0. The molecule has 0 saturated heterocycles. The molecular formula is C15H23N5. The molecule has 0 aliphatic heterocycles. The van der Waals surface area contributed by atoms with E-state index in [2.05, 4.69) is 41.8 Å². The van der Waals surface area contributed by atoms with Gasteiger partial charge in [0.1, 0.15) is 12.2 Å². The number of hydrogen-bond donors (Lipinski definition) is 1. The van der Waals surface area contributed by atoms with Gasteiger partial charge >= 0.3 is 0 Å². The van der Waals surface area contributed by atoms with Gasteiger partial charge in [-0.3, -0.25) is 4.90 Å². The minimum atomic E-state index is 0.327. The molecule has 108 valence electrons. The molecule has 0 aliphatic carbocycles. The van der Waals surface area contributed by atoms with Crippen LogP contribution in [-0.4, -0.2) is 26.2 Å². The van der Waals surface area contributed by atoms with Crippen LogP contribution >= 0.6 is 0 Å². The number of hydrogen-bond acceptors (Lipinski definition) is 4. The number of nitrogen functional groups attached to an aromatic ring is 1. The van der Waals surface area contributed by atoms with E-state index >= 15 is 0 Å². The standard InChI is InChI=1S/C15H23N5/c1-4-19(9-13-7-5-6-8-14(13)16)10-15-17-11-18-20(15)12(2)3/h5-8,11-12H,4,9-10,16H2,1-3H3. The Morgan fingerprint density at radius 3 is 2.65 bits per heavy atom. The lowest BCUT2D eigenvalue weighted by molar-refractivity contribution is 0.256. The number of nitrogens with two attached hydrogens (primary N) is 1. The Kier molecular flexibility index (Phi) is 4.74. The molecule has 20 heavy (non-hydrogen) atoms. The van der Waals surface area contributed by atoms with Crippen LogP contribution < -0.4 is 5.73 Å². The molecule has 0 saturated carbocycles. The Morgan fingerprint density at radius 1 is 1.25 bits per heavy atom. The first-order chi connectivity index (χ1) is 9.61. The molecule has 0 atom stereocenters. The minimum absolute atomic E-state index is 0.327. The maximum Gasteiger partial charge on any atom is 0.141 e. The zero-order valence-corrected chi connectivity index (χ0v) is 12.5. The lowest BCUT2D eigenvalue weighted by Crippen LogP contribution is -2.25. The average Bonchev–Trinajstić information content (AvgIpc) is 2.88. The normalized spacial score (nSPS) is 11.4. The van der Waals surface area contributed by atoms with E-state index in [1.54, 1.807) is 6.33 Å². The maximum atomic E-state index is 6.02. The largest absolute Gasteiger partial charge is 0.398 e. The van der Waals surface area contributed by atoms with Crippen molar-refractivity contribution in [2.24, 2.45) is 0 Å². The van der Waals surface area contributed by atoms with E-state index in [0.717, 1.165) is 36.7 Å². The highest BCUT2D eigenvalue weighted by Crippen LogP contribution is 2.15. The predicted molar refractivity (Wildman–Crippen MR) is 81.0 cm³/mol. The van der Waals surface area contributed by atoms with Gasteiger partial charge in [0.05, 0.1) is 6.54 Å². The van der Waals surface area contributed by atoms with Gasteiger partial charge in [-0.2, -0.15) is 5.10 Å². The SMILES string of the molecule is CCN(Cc1ccccc1N)Cc1ncnn1C(C)C. The van der Waals surface area contributed by atoms with Gasteiger partial charge in [0.2, 0.25) is 0 Å². The van der Waals surface area contributed by atoms with Gasteiger partial charge in [0, 0.05) is 18.3 Å². The quantitative estimate of drug-likeness (QED) is 0.821. The maximum absolute atomic E-state index is 6.02. The second-order valence-corrected chi connectivity index (χ2v) is 5.22. The second-order valence-electron chi connectivity index (χ2n) is 5.22. The molecule has 2 N–H and O–H groups in total. The van der Waals surface area contributed by atoms with Crippen molar-refractivity contribution in [1.29, 1.82) is 0 Å². The van der Waals surface area contributed by atoms with Crippen molar-refractivity contribution in [3.63, 3.8) is 0 Å². The number of para-hydroxylation sites is 1. The van der Waals surface area contributed by atoms with Crippen molar-refractivity contribution < 1.29 is 0 Å². The molecule has 0 aliphatic rings. The predicted octanol–water partition coefficient (Wildman–Crippen LogP) is 2.46. The molecule has 1 aromatic heterocycles. The van der Waals surface area contributed by atoms with Crippen LogP contribution in [0, 0.1) is 0 Å². The van der Waals surface area contributed by atoms with Crippen LogP contribution in [0.2, 0.25) is 0 Å². The van der Waals surface area contributed by atoms with Gasteiger partial charge < -0.3 is 5.73 Å². The highest BCUT2D eigenvalue weighted by atomic mass is 15.4. The van der Waals surface area contributed by atoms with Gasteiger partial charge in [0.25, 0.3) is 0 Å². The van der Waals surface area contributed by atoms with Crippen molar-refractivity contribution in [2.45, 2.75) is 39.9 Å². The number of rotatable bonds is 6. The van der Waals surface area contributed by atoms with E-state index in [-0.39, 0.29) is 0 Å². The van der Waals surface area contributed by atoms with Gasteiger partial charge in [-0.05, 0) is 32.0 Å². The van der Waals surface area contributed by atoms with Crippen molar-refractivity contribution in [3.05, 3.63) is 42.0 Å². The van der Waals surface area contributed by atoms with Crippen molar-refractivity contribution in [3.8, 4) is 0 Å². The molecule has 0 bridgehead atoms. The van der Waals surface area contributed by atoms with Crippen molar-refractivity contribution in [1.82, 2.24) is 19.7 Å². The molecule has 2 rings (SSSR count). The summed E-state index contributed by atoms with van der Waals surface area (Å²) in [6, 6.07) is 8.33. The van der Waals surface area contributed by atoms with Crippen molar-refractivity contribution >= 4 is 5.69 Å². The number of benzene rings is 1. The lowest BCUT2D eigenvalue weighted by atomic mass is 10.1. The summed E-state index contributed by atoms with van der Waals surface area (Å²) in [6.45, 7) is 8.93. The average molecular weight is 273 g/mol. The molecule has 0 spiro atoms. The summed E-state index contributed by atoms with van der Waals surface area (Å²) in [6.07, 6.45) is 1.63. The van der Waals surface area contributed by atoms with E-state index in [1.807, 2.05) is 22.9 Å². The summed E-state index contributed by atoms with van der Waals surface area (Å²) in [4.78, 5) is 6.68. The Bertz CT molecular complexity index is 547. The lowest BCUT2D eigenvalue weighted by Gasteiger charge is -2.21. The third kappa shape index (κ3) is 3.36. The number of aromatic nitrogens is 3. The van der Waals surface area contributed by atoms with E-state index in [0.29, 0.717) is 6.04 Å². The Morgan fingerprint density at radius 2 is 2.00 bits per heavy atom. The van der Waals surface area contributed by atoms with E-state index in [9.17, 15) is 0 Å². The van der Waals surface area contributed by atoms with Crippen molar-refractivity contribution in [2.75, 3.05) is 12.3 Å². The molecule has 1 heterocycles. The number of nitrogens with zero attached hydrogens (tertiary/aromatic N) is 4. The minimum Gasteiger partial charge on any atom is -0.398 e. The fourth-order valence-corrected chi connectivity index (χ4v) is 2.22. The van der Waals surface area contributed by atoms with Crippen LogP contribution in [0.5, 0.6) is 0 Å². The molecule has 0 fully saturated rings. The molecule has 1 aromatic carbocycles. The van der Waals surface area contributed by atoms with Crippen LogP contribution in [-0.2, 0) is 13.1 Å². The summed E-state index contributed by atoms with van der Waals surface area (Å²) >= 11 is 0.